The molecule has 0 bridgehead atoms. The van der Waals surface area contributed by atoms with Gasteiger partial charge in [-0.05, 0) is 67.4 Å². The van der Waals surface area contributed by atoms with Crippen LogP contribution in [0.25, 0.3) is 6.08 Å². The standard InChI is InChI=1S/C27H24N2O5/c1-3-33-22-14-10-21(11-15-22)29-26(31)24(25(30)28-27(29)32)16-19-8-12-23(13-9-19)34-17-20-6-4-18(2)5-7-20/h4-16H,3,17H2,1-2H3,(H,28,30,32)/b24-16+. The summed E-state index contributed by atoms with van der Waals surface area (Å²) in [5.41, 5.74) is 3.07. The van der Waals surface area contributed by atoms with Crippen LogP contribution in [0, 0.1) is 6.92 Å². The number of urea groups is 1. The van der Waals surface area contributed by atoms with Gasteiger partial charge in [-0.2, -0.15) is 0 Å². The number of nitrogens with zero attached hydrogens (tertiary/aromatic N) is 1. The molecule has 1 aliphatic rings. The van der Waals surface area contributed by atoms with Crippen molar-refractivity contribution in [2.75, 3.05) is 11.5 Å². The zero-order valence-electron chi connectivity index (χ0n) is 18.9. The van der Waals surface area contributed by atoms with Gasteiger partial charge in [-0.1, -0.05) is 42.0 Å². The SMILES string of the molecule is CCOc1ccc(N2C(=O)NC(=O)/C(=C\c3ccc(OCc4ccc(C)cc4)cc3)C2=O)cc1. The maximum Gasteiger partial charge on any atom is 0.335 e. The molecule has 7 nitrogen and oxygen atoms in total. The predicted molar refractivity (Wildman–Crippen MR) is 129 cm³/mol. The van der Waals surface area contributed by atoms with Crippen LogP contribution in [-0.4, -0.2) is 24.5 Å². The van der Waals surface area contributed by atoms with Gasteiger partial charge in [0.2, 0.25) is 0 Å². The first kappa shape index (κ1) is 22.8. The number of carbonyl (C=O) groups excluding carboxylic acids is 3. The van der Waals surface area contributed by atoms with Crippen molar-refractivity contribution >= 4 is 29.6 Å². The Morgan fingerprint density at radius 3 is 2.09 bits per heavy atom. The van der Waals surface area contributed by atoms with E-state index >= 15 is 0 Å². The van der Waals surface area contributed by atoms with Crippen molar-refractivity contribution < 1.29 is 23.9 Å². The first-order valence-electron chi connectivity index (χ1n) is 10.9. The number of benzene rings is 3. The minimum atomic E-state index is -0.795. The third-order valence-electron chi connectivity index (χ3n) is 5.22. The van der Waals surface area contributed by atoms with Crippen LogP contribution in [0.5, 0.6) is 11.5 Å². The second-order valence-corrected chi connectivity index (χ2v) is 7.73. The Balaban J connectivity index is 1.49. The van der Waals surface area contributed by atoms with Gasteiger partial charge in [-0.25, -0.2) is 9.69 Å². The smallest absolute Gasteiger partial charge is 0.335 e. The van der Waals surface area contributed by atoms with Crippen LogP contribution in [0.3, 0.4) is 0 Å². The molecular formula is C27H24N2O5. The second kappa shape index (κ2) is 10.0. The highest BCUT2D eigenvalue weighted by Crippen LogP contribution is 2.25. The summed E-state index contributed by atoms with van der Waals surface area (Å²) < 4.78 is 11.2. The Morgan fingerprint density at radius 1 is 0.824 bits per heavy atom. The van der Waals surface area contributed by atoms with Crippen molar-refractivity contribution in [1.29, 1.82) is 0 Å². The highest BCUT2D eigenvalue weighted by atomic mass is 16.5. The van der Waals surface area contributed by atoms with E-state index in [-0.39, 0.29) is 5.57 Å². The quantitative estimate of drug-likeness (QED) is 0.414. The first-order chi connectivity index (χ1) is 16.4. The van der Waals surface area contributed by atoms with Gasteiger partial charge in [0.25, 0.3) is 11.8 Å². The molecule has 0 atom stereocenters. The maximum absolute atomic E-state index is 13.0. The molecular weight excluding hydrogens is 432 g/mol. The Morgan fingerprint density at radius 2 is 1.44 bits per heavy atom. The molecule has 172 valence electrons. The highest BCUT2D eigenvalue weighted by molar-refractivity contribution is 6.39. The van der Waals surface area contributed by atoms with Crippen LogP contribution in [-0.2, 0) is 16.2 Å². The van der Waals surface area contributed by atoms with Crippen LogP contribution >= 0.6 is 0 Å². The molecule has 1 N–H and O–H groups in total. The number of hydrogen-bond donors (Lipinski definition) is 1. The van der Waals surface area contributed by atoms with E-state index in [9.17, 15) is 14.4 Å². The van der Waals surface area contributed by atoms with Crippen LogP contribution in [0.4, 0.5) is 10.5 Å². The molecule has 0 aromatic heterocycles. The molecule has 4 rings (SSSR count). The van der Waals surface area contributed by atoms with E-state index in [0.717, 1.165) is 10.5 Å². The van der Waals surface area contributed by atoms with Gasteiger partial charge in [0, 0.05) is 0 Å². The van der Waals surface area contributed by atoms with Crippen molar-refractivity contribution in [1.82, 2.24) is 5.32 Å². The molecule has 0 spiro atoms. The number of aryl methyl sites for hydroxylation is 1. The van der Waals surface area contributed by atoms with Crippen molar-refractivity contribution in [2.45, 2.75) is 20.5 Å². The number of ether oxygens (including phenoxy) is 2. The van der Waals surface area contributed by atoms with E-state index in [1.54, 1.807) is 48.5 Å². The maximum atomic E-state index is 13.0. The number of carbonyl (C=O) groups is 3. The Bertz CT molecular complexity index is 1230. The van der Waals surface area contributed by atoms with E-state index in [2.05, 4.69) is 5.32 Å². The van der Waals surface area contributed by atoms with Gasteiger partial charge < -0.3 is 9.47 Å². The van der Waals surface area contributed by atoms with Gasteiger partial charge >= 0.3 is 6.03 Å². The minimum Gasteiger partial charge on any atom is -0.494 e. The van der Waals surface area contributed by atoms with Gasteiger partial charge in [0.15, 0.2) is 0 Å². The fraction of sp³-hybridized carbons (Fsp3) is 0.148. The lowest BCUT2D eigenvalue weighted by molar-refractivity contribution is -0.122. The number of barbiturate groups is 1. The summed E-state index contributed by atoms with van der Waals surface area (Å²) in [4.78, 5) is 38.7. The van der Waals surface area contributed by atoms with E-state index in [1.165, 1.54) is 11.6 Å². The molecule has 0 radical (unpaired) electrons. The van der Waals surface area contributed by atoms with Crippen molar-refractivity contribution in [3.05, 3.63) is 95.1 Å². The topological polar surface area (TPSA) is 84.9 Å². The number of anilines is 1. The van der Waals surface area contributed by atoms with Gasteiger partial charge in [0.1, 0.15) is 23.7 Å². The van der Waals surface area contributed by atoms with Gasteiger partial charge in [-0.3, -0.25) is 14.9 Å². The van der Waals surface area contributed by atoms with E-state index in [1.807, 2.05) is 38.1 Å². The van der Waals surface area contributed by atoms with Crippen molar-refractivity contribution in [3.8, 4) is 11.5 Å². The average Bonchev–Trinajstić information content (AvgIpc) is 2.83. The molecule has 4 amide bonds. The van der Waals surface area contributed by atoms with E-state index < -0.39 is 17.8 Å². The summed E-state index contributed by atoms with van der Waals surface area (Å²) in [5, 5.41) is 2.23. The van der Waals surface area contributed by atoms with E-state index in [4.69, 9.17) is 9.47 Å². The van der Waals surface area contributed by atoms with Crippen LogP contribution in [0.1, 0.15) is 23.6 Å². The largest absolute Gasteiger partial charge is 0.494 e. The fourth-order valence-corrected chi connectivity index (χ4v) is 3.43. The predicted octanol–water partition coefficient (Wildman–Crippen LogP) is 4.64. The van der Waals surface area contributed by atoms with Crippen molar-refractivity contribution in [2.24, 2.45) is 0 Å². The summed E-state index contributed by atoms with van der Waals surface area (Å²) >= 11 is 0. The lowest BCUT2D eigenvalue weighted by Gasteiger charge is -2.26. The monoisotopic (exact) mass is 456 g/mol. The number of imide groups is 2. The van der Waals surface area contributed by atoms with Crippen LogP contribution < -0.4 is 19.7 Å². The lowest BCUT2D eigenvalue weighted by atomic mass is 10.1. The summed E-state index contributed by atoms with van der Waals surface area (Å²) in [7, 11) is 0. The summed E-state index contributed by atoms with van der Waals surface area (Å²) in [6.07, 6.45) is 1.45. The lowest BCUT2D eigenvalue weighted by Crippen LogP contribution is -2.54. The molecule has 0 unspecified atom stereocenters. The highest BCUT2D eigenvalue weighted by Gasteiger charge is 2.36. The van der Waals surface area contributed by atoms with Crippen LogP contribution in [0.2, 0.25) is 0 Å². The summed E-state index contributed by atoms with van der Waals surface area (Å²) in [6.45, 7) is 4.82. The van der Waals surface area contributed by atoms with Gasteiger partial charge in [-0.15, -0.1) is 0 Å². The molecule has 1 saturated heterocycles. The third-order valence-corrected chi connectivity index (χ3v) is 5.22. The first-order valence-corrected chi connectivity index (χ1v) is 10.9. The fourth-order valence-electron chi connectivity index (χ4n) is 3.43. The average molecular weight is 456 g/mol. The zero-order valence-corrected chi connectivity index (χ0v) is 18.9. The number of rotatable bonds is 7. The molecule has 1 heterocycles. The number of amides is 4. The molecule has 3 aromatic rings. The summed E-state index contributed by atoms with van der Waals surface area (Å²) in [5.74, 6) is -0.157. The zero-order chi connectivity index (χ0) is 24.1. The summed E-state index contributed by atoms with van der Waals surface area (Å²) in [6, 6.07) is 20.8. The Labute approximate surface area is 197 Å². The number of nitrogens with one attached hydrogen (secondary N) is 1. The number of hydrogen-bond acceptors (Lipinski definition) is 5. The minimum absolute atomic E-state index is 0.137. The molecule has 1 aliphatic heterocycles. The van der Waals surface area contributed by atoms with E-state index in [0.29, 0.717) is 36.0 Å². The Kier molecular flexibility index (Phi) is 6.73. The second-order valence-electron chi connectivity index (χ2n) is 7.73. The van der Waals surface area contributed by atoms with Gasteiger partial charge in [0.05, 0.1) is 12.3 Å². The van der Waals surface area contributed by atoms with Crippen LogP contribution in [0.15, 0.2) is 78.4 Å². The normalized spacial score (nSPS) is 14.8. The molecule has 0 aliphatic carbocycles. The van der Waals surface area contributed by atoms with Crippen molar-refractivity contribution in [3.63, 3.8) is 0 Å². The molecule has 3 aromatic carbocycles. The molecule has 34 heavy (non-hydrogen) atoms. The third kappa shape index (κ3) is 5.15. The molecule has 1 fully saturated rings. The molecule has 7 heteroatoms. The molecule has 0 saturated carbocycles. The Hall–Kier alpha value is -4.39.